The molecule has 1 atom stereocenters. The van der Waals surface area contributed by atoms with E-state index < -0.39 is 17.2 Å². The van der Waals surface area contributed by atoms with Gasteiger partial charge in [-0.1, -0.05) is 26.2 Å². The number of carbonyl (C=O) groups is 2. The number of hydrogen-bond donors (Lipinski definition) is 2. The molecule has 0 heterocycles. The van der Waals surface area contributed by atoms with Crippen molar-refractivity contribution in [3.63, 3.8) is 0 Å². The van der Waals surface area contributed by atoms with Crippen molar-refractivity contribution in [2.75, 3.05) is 5.75 Å². The fourth-order valence-corrected chi connectivity index (χ4v) is 2.60. The molecule has 0 spiro atoms. The highest BCUT2D eigenvalue weighted by Crippen LogP contribution is 2.19. The first-order valence-corrected chi connectivity index (χ1v) is 7.19. The molecule has 0 aromatic rings. The maximum atomic E-state index is 10.9. The van der Waals surface area contributed by atoms with E-state index in [2.05, 4.69) is 6.92 Å². The van der Waals surface area contributed by atoms with Gasteiger partial charge in [-0.2, -0.15) is 0 Å². The molecule has 4 nitrogen and oxygen atoms in total. The third-order valence-electron chi connectivity index (χ3n) is 2.45. The van der Waals surface area contributed by atoms with Gasteiger partial charge in [0.05, 0.1) is 0 Å². The zero-order valence-corrected chi connectivity index (χ0v) is 11.2. The van der Waals surface area contributed by atoms with Gasteiger partial charge < -0.3 is 10.2 Å². The predicted molar refractivity (Wildman–Crippen MR) is 69.5 cm³/mol. The second kappa shape index (κ2) is 10.4. The number of rotatable bonds is 11. The summed E-state index contributed by atoms with van der Waals surface area (Å²) in [6, 6.07) is 0. The van der Waals surface area contributed by atoms with Gasteiger partial charge in [0.2, 0.25) is 0 Å². The smallest absolute Gasteiger partial charge is 0.316 e. The third-order valence-corrected chi connectivity index (χ3v) is 3.81. The summed E-state index contributed by atoms with van der Waals surface area (Å²) in [4.78, 5) is 21.3. The molecule has 0 aliphatic rings. The highest BCUT2D eigenvalue weighted by molar-refractivity contribution is 8.00. The van der Waals surface area contributed by atoms with E-state index in [1.807, 2.05) is 0 Å². The summed E-state index contributed by atoms with van der Waals surface area (Å²) < 4.78 is 0. The summed E-state index contributed by atoms with van der Waals surface area (Å²) in [5.74, 6) is -0.831. The molecule has 100 valence electrons. The van der Waals surface area contributed by atoms with Gasteiger partial charge in [-0.05, 0) is 25.0 Å². The molecule has 5 heteroatoms. The quantitative estimate of drug-likeness (QED) is 0.560. The molecule has 17 heavy (non-hydrogen) atoms. The average Bonchev–Trinajstić information content (AvgIpc) is 2.25. The van der Waals surface area contributed by atoms with E-state index in [1.165, 1.54) is 24.6 Å². The molecule has 0 aromatic carbocycles. The SMILES string of the molecule is CCCCCCSC(CCCC(=O)O)C(=O)O. The van der Waals surface area contributed by atoms with Crippen LogP contribution in [0.3, 0.4) is 0 Å². The Labute approximate surface area is 107 Å². The van der Waals surface area contributed by atoms with Crippen molar-refractivity contribution in [2.24, 2.45) is 0 Å². The number of carboxylic acid groups (broad SMARTS) is 2. The lowest BCUT2D eigenvalue weighted by atomic mass is 10.2. The van der Waals surface area contributed by atoms with Crippen LogP contribution < -0.4 is 0 Å². The minimum absolute atomic E-state index is 0.0557. The minimum atomic E-state index is -0.859. The first-order chi connectivity index (χ1) is 8.07. The Kier molecular flexibility index (Phi) is 10.0. The molecule has 0 amide bonds. The number of unbranched alkanes of at least 4 members (excludes halogenated alkanes) is 3. The standard InChI is InChI=1S/C12H22O4S/c1-2-3-4-5-9-17-10(12(15)16)7-6-8-11(13)14/h10H,2-9H2,1H3,(H,13,14)(H,15,16). The van der Waals surface area contributed by atoms with Gasteiger partial charge in [-0.25, -0.2) is 0 Å². The Morgan fingerprint density at radius 2 is 1.82 bits per heavy atom. The van der Waals surface area contributed by atoms with E-state index in [0.717, 1.165) is 18.6 Å². The van der Waals surface area contributed by atoms with Crippen LogP contribution >= 0.6 is 11.8 Å². The average molecular weight is 262 g/mol. The van der Waals surface area contributed by atoms with Crippen molar-refractivity contribution in [1.82, 2.24) is 0 Å². The maximum Gasteiger partial charge on any atom is 0.316 e. The van der Waals surface area contributed by atoms with Gasteiger partial charge in [0.25, 0.3) is 0 Å². The Morgan fingerprint density at radius 1 is 1.12 bits per heavy atom. The van der Waals surface area contributed by atoms with Crippen LogP contribution in [0.4, 0.5) is 0 Å². The fraction of sp³-hybridized carbons (Fsp3) is 0.833. The van der Waals surface area contributed by atoms with E-state index >= 15 is 0 Å². The van der Waals surface area contributed by atoms with Crippen molar-refractivity contribution in [1.29, 1.82) is 0 Å². The topological polar surface area (TPSA) is 74.6 Å². The summed E-state index contributed by atoms with van der Waals surface area (Å²) >= 11 is 1.44. The Hall–Kier alpha value is -0.710. The molecular formula is C12H22O4S. The molecular weight excluding hydrogens is 240 g/mol. The summed E-state index contributed by atoms with van der Waals surface area (Å²) in [6.07, 6.45) is 5.49. The molecule has 0 aromatic heterocycles. The lowest BCUT2D eigenvalue weighted by molar-refractivity contribution is -0.139. The predicted octanol–water partition coefficient (Wildman–Crippen LogP) is 3.01. The summed E-state index contributed by atoms with van der Waals surface area (Å²) in [7, 11) is 0. The van der Waals surface area contributed by atoms with Crippen LogP contribution in [-0.4, -0.2) is 33.2 Å². The molecule has 0 aliphatic carbocycles. The summed E-state index contributed by atoms with van der Waals surface area (Å²) in [6.45, 7) is 2.14. The maximum absolute atomic E-state index is 10.9. The van der Waals surface area contributed by atoms with E-state index in [4.69, 9.17) is 10.2 Å². The molecule has 0 fully saturated rings. The number of aliphatic carboxylic acids is 2. The first-order valence-electron chi connectivity index (χ1n) is 6.14. The van der Waals surface area contributed by atoms with E-state index in [-0.39, 0.29) is 6.42 Å². The van der Waals surface area contributed by atoms with Crippen molar-refractivity contribution in [2.45, 2.75) is 57.1 Å². The molecule has 0 radical (unpaired) electrons. The molecule has 0 aliphatic heterocycles. The monoisotopic (exact) mass is 262 g/mol. The van der Waals surface area contributed by atoms with Crippen molar-refractivity contribution < 1.29 is 19.8 Å². The second-order valence-corrected chi connectivity index (χ2v) is 5.35. The lowest BCUT2D eigenvalue weighted by Gasteiger charge is -2.11. The Morgan fingerprint density at radius 3 is 2.35 bits per heavy atom. The van der Waals surface area contributed by atoms with Gasteiger partial charge in [0.15, 0.2) is 0 Å². The van der Waals surface area contributed by atoms with Crippen molar-refractivity contribution in [3.05, 3.63) is 0 Å². The lowest BCUT2D eigenvalue weighted by Crippen LogP contribution is -2.17. The normalized spacial score (nSPS) is 12.3. The number of thioether (sulfide) groups is 1. The Balaban J connectivity index is 3.67. The van der Waals surface area contributed by atoms with Crippen LogP contribution in [0.5, 0.6) is 0 Å². The largest absolute Gasteiger partial charge is 0.481 e. The van der Waals surface area contributed by atoms with Crippen molar-refractivity contribution >= 4 is 23.7 Å². The molecule has 0 saturated carbocycles. The summed E-state index contributed by atoms with van der Waals surface area (Å²) in [5.41, 5.74) is 0. The van der Waals surface area contributed by atoms with Crippen LogP contribution in [0.2, 0.25) is 0 Å². The van der Waals surface area contributed by atoms with E-state index in [9.17, 15) is 9.59 Å². The van der Waals surface area contributed by atoms with Crippen LogP contribution in [-0.2, 0) is 9.59 Å². The molecule has 2 N–H and O–H groups in total. The zero-order valence-electron chi connectivity index (χ0n) is 10.4. The van der Waals surface area contributed by atoms with Crippen LogP contribution in [0.25, 0.3) is 0 Å². The highest BCUT2D eigenvalue weighted by atomic mass is 32.2. The summed E-state index contributed by atoms with van der Waals surface area (Å²) in [5, 5.41) is 17.0. The number of hydrogen-bond acceptors (Lipinski definition) is 3. The molecule has 0 bridgehead atoms. The zero-order chi connectivity index (χ0) is 13.1. The second-order valence-electron chi connectivity index (χ2n) is 4.04. The molecule has 1 unspecified atom stereocenters. The van der Waals surface area contributed by atoms with Gasteiger partial charge in [0, 0.05) is 6.42 Å². The highest BCUT2D eigenvalue weighted by Gasteiger charge is 2.17. The number of carboxylic acids is 2. The third kappa shape index (κ3) is 10.2. The van der Waals surface area contributed by atoms with E-state index in [0.29, 0.717) is 12.8 Å². The molecule has 0 saturated heterocycles. The van der Waals surface area contributed by atoms with Gasteiger partial charge in [0.1, 0.15) is 5.25 Å². The van der Waals surface area contributed by atoms with Crippen LogP contribution in [0.1, 0.15) is 51.9 Å². The van der Waals surface area contributed by atoms with Crippen molar-refractivity contribution in [3.8, 4) is 0 Å². The van der Waals surface area contributed by atoms with Gasteiger partial charge >= 0.3 is 11.9 Å². The first kappa shape index (κ1) is 16.3. The van der Waals surface area contributed by atoms with Crippen LogP contribution in [0, 0.1) is 0 Å². The van der Waals surface area contributed by atoms with Gasteiger partial charge in [-0.3, -0.25) is 9.59 Å². The van der Waals surface area contributed by atoms with Gasteiger partial charge in [-0.15, -0.1) is 11.8 Å². The molecule has 0 rings (SSSR count). The fourth-order valence-electron chi connectivity index (χ4n) is 1.47. The Bertz CT molecular complexity index is 231. The van der Waals surface area contributed by atoms with Crippen LogP contribution in [0.15, 0.2) is 0 Å². The van der Waals surface area contributed by atoms with E-state index in [1.54, 1.807) is 0 Å². The minimum Gasteiger partial charge on any atom is -0.481 e.